The lowest BCUT2D eigenvalue weighted by molar-refractivity contribution is -0.123. The van der Waals surface area contributed by atoms with Crippen LogP contribution in [0.2, 0.25) is 0 Å². The van der Waals surface area contributed by atoms with Crippen LogP contribution in [0.3, 0.4) is 0 Å². The van der Waals surface area contributed by atoms with Gasteiger partial charge in [-0.2, -0.15) is 0 Å². The monoisotopic (exact) mass is 448 g/mol. The molecule has 1 unspecified atom stereocenters. The summed E-state index contributed by atoms with van der Waals surface area (Å²) >= 11 is 0. The highest BCUT2D eigenvalue weighted by Crippen LogP contribution is 2.40. The Morgan fingerprint density at radius 1 is 0.939 bits per heavy atom. The molecule has 3 aromatic rings. The van der Waals surface area contributed by atoms with Gasteiger partial charge in [0.2, 0.25) is 5.91 Å². The number of amides is 2. The molecule has 8 heteroatoms. The standard InChI is InChI=1S/C25H28N4O4/c1-24(2,3)33-23(31)28-17-21(30)29-22(18-9-5-4-6-10-18)25(32,19-11-7-13-26-15-19)20-12-8-14-27-16-20/h4-16,22,32H,17H2,1-3H3,(H,28,31)(H,29,30). The van der Waals surface area contributed by atoms with Crippen molar-refractivity contribution in [2.45, 2.75) is 38.0 Å². The molecule has 0 aliphatic rings. The van der Waals surface area contributed by atoms with Crippen LogP contribution in [0.25, 0.3) is 0 Å². The number of pyridine rings is 2. The second kappa shape index (κ2) is 10.2. The number of hydrogen-bond acceptors (Lipinski definition) is 6. The van der Waals surface area contributed by atoms with Crippen molar-refractivity contribution in [3.8, 4) is 0 Å². The Morgan fingerprint density at radius 3 is 2.00 bits per heavy atom. The third kappa shape index (κ3) is 6.14. The average molecular weight is 449 g/mol. The van der Waals surface area contributed by atoms with E-state index in [0.717, 1.165) is 0 Å². The van der Waals surface area contributed by atoms with Crippen LogP contribution >= 0.6 is 0 Å². The van der Waals surface area contributed by atoms with Gasteiger partial charge in [0.1, 0.15) is 17.7 Å². The van der Waals surface area contributed by atoms with Crippen LogP contribution < -0.4 is 10.6 Å². The van der Waals surface area contributed by atoms with E-state index >= 15 is 0 Å². The average Bonchev–Trinajstić information content (AvgIpc) is 2.81. The van der Waals surface area contributed by atoms with Crippen molar-refractivity contribution in [2.24, 2.45) is 0 Å². The molecule has 0 spiro atoms. The summed E-state index contributed by atoms with van der Waals surface area (Å²) in [4.78, 5) is 33.2. The maximum absolute atomic E-state index is 12.9. The van der Waals surface area contributed by atoms with Crippen LogP contribution in [0.1, 0.15) is 43.5 Å². The number of nitrogens with zero attached hydrogens (tertiary/aromatic N) is 2. The predicted molar refractivity (Wildman–Crippen MR) is 123 cm³/mol. The molecule has 0 saturated heterocycles. The van der Waals surface area contributed by atoms with E-state index in [2.05, 4.69) is 20.6 Å². The maximum Gasteiger partial charge on any atom is 0.408 e. The Bertz CT molecular complexity index is 1010. The molecule has 1 aromatic carbocycles. The van der Waals surface area contributed by atoms with Crippen molar-refractivity contribution in [3.05, 3.63) is 96.1 Å². The van der Waals surface area contributed by atoms with Crippen molar-refractivity contribution in [3.63, 3.8) is 0 Å². The van der Waals surface area contributed by atoms with Crippen LogP contribution in [0, 0.1) is 0 Å². The number of nitrogens with one attached hydrogen (secondary N) is 2. The van der Waals surface area contributed by atoms with E-state index in [1.54, 1.807) is 69.8 Å². The van der Waals surface area contributed by atoms with E-state index in [9.17, 15) is 14.7 Å². The molecule has 2 amide bonds. The van der Waals surface area contributed by atoms with Crippen LogP contribution in [0.5, 0.6) is 0 Å². The van der Waals surface area contributed by atoms with E-state index in [1.807, 2.05) is 30.3 Å². The van der Waals surface area contributed by atoms with E-state index in [0.29, 0.717) is 16.7 Å². The molecule has 0 fully saturated rings. The summed E-state index contributed by atoms with van der Waals surface area (Å²) in [5.74, 6) is -0.499. The largest absolute Gasteiger partial charge is 0.444 e. The van der Waals surface area contributed by atoms with Gasteiger partial charge < -0.3 is 20.5 Å². The van der Waals surface area contributed by atoms with Crippen molar-refractivity contribution in [1.29, 1.82) is 0 Å². The van der Waals surface area contributed by atoms with Gasteiger partial charge in [-0.1, -0.05) is 42.5 Å². The maximum atomic E-state index is 12.9. The molecular formula is C25H28N4O4. The Morgan fingerprint density at radius 2 is 1.52 bits per heavy atom. The first kappa shape index (κ1) is 23.9. The summed E-state index contributed by atoms with van der Waals surface area (Å²) < 4.78 is 5.19. The molecule has 0 aliphatic heterocycles. The van der Waals surface area contributed by atoms with Crippen molar-refractivity contribution < 1.29 is 19.4 Å². The lowest BCUT2D eigenvalue weighted by Crippen LogP contribution is -2.48. The number of alkyl carbamates (subject to hydrolysis) is 1. The number of carbonyl (C=O) groups excluding carboxylic acids is 2. The Hall–Kier alpha value is -3.78. The zero-order valence-electron chi connectivity index (χ0n) is 18.9. The van der Waals surface area contributed by atoms with Gasteiger partial charge in [0, 0.05) is 35.9 Å². The van der Waals surface area contributed by atoms with E-state index in [-0.39, 0.29) is 6.54 Å². The van der Waals surface area contributed by atoms with E-state index < -0.39 is 29.2 Å². The zero-order valence-corrected chi connectivity index (χ0v) is 18.9. The molecule has 1 atom stereocenters. The van der Waals surface area contributed by atoms with E-state index in [1.165, 1.54) is 0 Å². The lowest BCUT2D eigenvalue weighted by atomic mass is 9.78. The predicted octanol–water partition coefficient (Wildman–Crippen LogP) is 3.09. The topological polar surface area (TPSA) is 113 Å². The van der Waals surface area contributed by atoms with Gasteiger partial charge in [-0.15, -0.1) is 0 Å². The molecule has 0 aliphatic carbocycles. The molecule has 172 valence electrons. The van der Waals surface area contributed by atoms with Crippen LogP contribution in [0.4, 0.5) is 4.79 Å². The van der Waals surface area contributed by atoms with E-state index in [4.69, 9.17) is 4.74 Å². The van der Waals surface area contributed by atoms with Gasteiger partial charge in [-0.05, 0) is 38.5 Å². The second-order valence-corrected chi connectivity index (χ2v) is 8.52. The minimum Gasteiger partial charge on any atom is -0.444 e. The van der Waals surface area contributed by atoms with Crippen LogP contribution in [0.15, 0.2) is 79.4 Å². The SMILES string of the molecule is CC(C)(C)OC(=O)NCC(=O)NC(c1ccccc1)C(O)(c1cccnc1)c1cccnc1. The van der Waals surface area contributed by atoms with Crippen LogP contribution in [-0.2, 0) is 15.1 Å². The number of hydrogen-bond donors (Lipinski definition) is 3. The number of rotatable bonds is 7. The molecule has 0 saturated carbocycles. The smallest absolute Gasteiger partial charge is 0.408 e. The van der Waals surface area contributed by atoms with Crippen LogP contribution in [-0.4, -0.2) is 39.2 Å². The first-order valence-corrected chi connectivity index (χ1v) is 10.5. The third-order valence-electron chi connectivity index (χ3n) is 4.85. The highest BCUT2D eigenvalue weighted by Gasteiger charge is 2.42. The number of ether oxygens (including phenoxy) is 1. The second-order valence-electron chi connectivity index (χ2n) is 8.52. The van der Waals surface area contributed by atoms with Gasteiger partial charge >= 0.3 is 6.09 Å². The first-order valence-electron chi connectivity index (χ1n) is 10.5. The molecule has 8 nitrogen and oxygen atoms in total. The highest BCUT2D eigenvalue weighted by atomic mass is 16.6. The lowest BCUT2D eigenvalue weighted by Gasteiger charge is -2.37. The summed E-state index contributed by atoms with van der Waals surface area (Å²) in [7, 11) is 0. The quantitative estimate of drug-likeness (QED) is 0.512. The number of aromatic nitrogens is 2. The number of aliphatic hydroxyl groups is 1. The Kier molecular flexibility index (Phi) is 7.40. The molecular weight excluding hydrogens is 420 g/mol. The fourth-order valence-corrected chi connectivity index (χ4v) is 3.43. The Balaban J connectivity index is 1.95. The first-order chi connectivity index (χ1) is 15.7. The number of benzene rings is 1. The fourth-order valence-electron chi connectivity index (χ4n) is 3.43. The van der Waals surface area contributed by atoms with Gasteiger partial charge in [0.15, 0.2) is 0 Å². The van der Waals surface area contributed by atoms with Gasteiger partial charge in [-0.3, -0.25) is 14.8 Å². The number of carbonyl (C=O) groups is 2. The normalized spacial score (nSPS) is 12.5. The van der Waals surface area contributed by atoms with Gasteiger partial charge in [0.25, 0.3) is 0 Å². The molecule has 2 aromatic heterocycles. The van der Waals surface area contributed by atoms with Crippen molar-refractivity contribution >= 4 is 12.0 Å². The van der Waals surface area contributed by atoms with Crippen molar-refractivity contribution in [1.82, 2.24) is 20.6 Å². The zero-order chi connectivity index (χ0) is 23.9. The molecule has 3 rings (SSSR count). The molecule has 0 bridgehead atoms. The Labute approximate surface area is 193 Å². The highest BCUT2D eigenvalue weighted by molar-refractivity contribution is 5.82. The third-order valence-corrected chi connectivity index (χ3v) is 4.85. The van der Waals surface area contributed by atoms with Gasteiger partial charge in [-0.25, -0.2) is 4.79 Å². The minimum absolute atomic E-state index is 0.325. The molecule has 33 heavy (non-hydrogen) atoms. The fraction of sp³-hybridized carbons (Fsp3) is 0.280. The molecule has 3 N–H and O–H groups in total. The minimum atomic E-state index is -1.69. The van der Waals surface area contributed by atoms with Gasteiger partial charge in [0.05, 0.1) is 6.04 Å². The molecule has 0 radical (unpaired) electrons. The summed E-state index contributed by atoms with van der Waals surface area (Å²) in [5, 5.41) is 17.5. The summed E-state index contributed by atoms with van der Waals surface area (Å²) in [6, 6.07) is 15.1. The summed E-state index contributed by atoms with van der Waals surface area (Å²) in [6.45, 7) is 4.88. The summed E-state index contributed by atoms with van der Waals surface area (Å²) in [6.07, 6.45) is 5.60. The molecule has 2 heterocycles. The summed E-state index contributed by atoms with van der Waals surface area (Å²) in [5.41, 5.74) is -0.753. The van der Waals surface area contributed by atoms with Crippen molar-refractivity contribution in [2.75, 3.05) is 6.54 Å².